The van der Waals surface area contributed by atoms with Gasteiger partial charge in [0.1, 0.15) is 5.82 Å². The second-order valence-corrected chi connectivity index (χ2v) is 5.45. The van der Waals surface area contributed by atoms with Crippen LogP contribution in [-0.4, -0.2) is 36.6 Å². The van der Waals surface area contributed by atoms with Crippen molar-refractivity contribution < 1.29 is 4.39 Å². The molecule has 0 aromatic carbocycles. The molecule has 19 heavy (non-hydrogen) atoms. The molecule has 1 fully saturated rings. The maximum absolute atomic E-state index is 12.9. The van der Waals surface area contributed by atoms with E-state index in [1.54, 1.807) is 6.07 Å². The van der Waals surface area contributed by atoms with Crippen molar-refractivity contribution in [3.63, 3.8) is 0 Å². The average Bonchev–Trinajstić information content (AvgIpc) is 2.95. The summed E-state index contributed by atoms with van der Waals surface area (Å²) in [6, 6.07) is 4.20. The van der Waals surface area contributed by atoms with E-state index in [1.807, 2.05) is 7.05 Å². The summed E-state index contributed by atoms with van der Waals surface area (Å²) in [6.45, 7) is 1.05. The van der Waals surface area contributed by atoms with Crippen molar-refractivity contribution in [1.29, 1.82) is 0 Å². The van der Waals surface area contributed by atoms with Crippen molar-refractivity contribution in [2.45, 2.75) is 44.2 Å². The molecule has 1 aromatic rings. The summed E-state index contributed by atoms with van der Waals surface area (Å²) in [4.78, 5) is 6.63. The van der Waals surface area contributed by atoms with Crippen LogP contribution in [0.2, 0.25) is 0 Å². The zero-order valence-electron chi connectivity index (χ0n) is 11.9. The number of rotatable bonds is 6. The first-order chi connectivity index (χ1) is 9.20. The minimum absolute atomic E-state index is 0.199. The third kappa shape index (κ3) is 3.98. The number of hydrogen-bond donors (Lipinski definition) is 1. The smallest absolute Gasteiger partial charge is 0.141 e. The van der Waals surface area contributed by atoms with Crippen LogP contribution in [0.4, 0.5) is 4.39 Å². The van der Waals surface area contributed by atoms with Crippen LogP contribution in [-0.2, 0) is 0 Å². The first kappa shape index (κ1) is 14.4. The molecule has 1 saturated carbocycles. The molecule has 1 aliphatic carbocycles. The fraction of sp³-hybridized carbons (Fsp3) is 0.667. The minimum Gasteiger partial charge on any atom is -0.312 e. The van der Waals surface area contributed by atoms with Gasteiger partial charge in [-0.1, -0.05) is 12.8 Å². The van der Waals surface area contributed by atoms with Gasteiger partial charge in [-0.2, -0.15) is 0 Å². The Morgan fingerprint density at radius 1 is 1.42 bits per heavy atom. The fourth-order valence-electron chi connectivity index (χ4n) is 2.89. The lowest BCUT2D eigenvalue weighted by Gasteiger charge is -2.26. The van der Waals surface area contributed by atoms with Crippen LogP contribution in [0.3, 0.4) is 0 Å². The number of hydrogen-bond acceptors (Lipinski definition) is 3. The Kier molecular flexibility index (Phi) is 5.28. The summed E-state index contributed by atoms with van der Waals surface area (Å²) < 4.78 is 12.9. The van der Waals surface area contributed by atoms with Gasteiger partial charge in [-0.05, 0) is 52.0 Å². The Hall–Kier alpha value is -1.00. The Labute approximate surface area is 115 Å². The van der Waals surface area contributed by atoms with Crippen LogP contribution in [0.5, 0.6) is 0 Å². The Bertz CT molecular complexity index is 373. The quantitative estimate of drug-likeness (QED) is 0.857. The summed E-state index contributed by atoms with van der Waals surface area (Å²) in [7, 11) is 4.14. The molecule has 1 heterocycles. The molecule has 1 atom stereocenters. The average molecular weight is 265 g/mol. The lowest BCUT2D eigenvalue weighted by Crippen LogP contribution is -2.32. The van der Waals surface area contributed by atoms with E-state index in [2.05, 4.69) is 22.2 Å². The molecular formula is C15H24FN3. The SMILES string of the molecule is CNC(CCN(C)C1CCCC1)c1ccc(F)cn1. The number of nitrogens with zero attached hydrogens (tertiary/aromatic N) is 2. The molecule has 106 valence electrons. The number of nitrogens with one attached hydrogen (secondary N) is 1. The number of pyridine rings is 1. The maximum Gasteiger partial charge on any atom is 0.141 e. The molecule has 0 radical (unpaired) electrons. The molecule has 4 heteroatoms. The van der Waals surface area contributed by atoms with Gasteiger partial charge in [0.15, 0.2) is 0 Å². The van der Waals surface area contributed by atoms with Crippen molar-refractivity contribution in [3.8, 4) is 0 Å². The minimum atomic E-state index is -0.276. The molecule has 3 nitrogen and oxygen atoms in total. The predicted octanol–water partition coefficient (Wildman–Crippen LogP) is 2.75. The van der Waals surface area contributed by atoms with E-state index in [9.17, 15) is 4.39 Å². The summed E-state index contributed by atoms with van der Waals surface area (Å²) in [5, 5.41) is 3.27. The van der Waals surface area contributed by atoms with Gasteiger partial charge in [0, 0.05) is 6.04 Å². The van der Waals surface area contributed by atoms with Gasteiger partial charge < -0.3 is 10.2 Å². The van der Waals surface area contributed by atoms with Gasteiger partial charge in [0.05, 0.1) is 17.9 Å². The highest BCUT2D eigenvalue weighted by Crippen LogP contribution is 2.23. The summed E-state index contributed by atoms with van der Waals surface area (Å²) in [6.07, 6.45) is 7.68. The Balaban J connectivity index is 1.86. The Morgan fingerprint density at radius 3 is 2.74 bits per heavy atom. The second kappa shape index (κ2) is 6.96. The van der Waals surface area contributed by atoms with Gasteiger partial charge >= 0.3 is 0 Å². The molecular weight excluding hydrogens is 241 g/mol. The molecule has 1 aromatic heterocycles. The van der Waals surface area contributed by atoms with E-state index in [-0.39, 0.29) is 11.9 Å². The van der Waals surface area contributed by atoms with Crippen LogP contribution >= 0.6 is 0 Å². The number of halogens is 1. The van der Waals surface area contributed by atoms with E-state index >= 15 is 0 Å². The van der Waals surface area contributed by atoms with Gasteiger partial charge in [-0.3, -0.25) is 4.98 Å². The largest absolute Gasteiger partial charge is 0.312 e. The standard InChI is InChI=1S/C15H24FN3/c1-17-14(15-8-7-12(16)11-18-15)9-10-19(2)13-5-3-4-6-13/h7-8,11,13-14,17H,3-6,9-10H2,1-2H3. The predicted molar refractivity (Wildman–Crippen MR) is 75.5 cm³/mol. The monoisotopic (exact) mass is 265 g/mol. The highest BCUT2D eigenvalue weighted by atomic mass is 19.1. The topological polar surface area (TPSA) is 28.2 Å². The van der Waals surface area contributed by atoms with E-state index in [4.69, 9.17) is 0 Å². The van der Waals surface area contributed by atoms with Crippen LogP contribution in [0.1, 0.15) is 43.8 Å². The van der Waals surface area contributed by atoms with Crippen LogP contribution in [0, 0.1) is 5.82 Å². The molecule has 0 aliphatic heterocycles. The van der Waals surface area contributed by atoms with Gasteiger partial charge in [0.25, 0.3) is 0 Å². The highest BCUT2D eigenvalue weighted by molar-refractivity contribution is 5.09. The van der Waals surface area contributed by atoms with Crippen LogP contribution < -0.4 is 5.32 Å². The summed E-state index contributed by atoms with van der Waals surface area (Å²) >= 11 is 0. The molecule has 0 saturated heterocycles. The third-order valence-electron chi connectivity index (χ3n) is 4.17. The molecule has 0 spiro atoms. The lowest BCUT2D eigenvalue weighted by atomic mass is 10.1. The summed E-state index contributed by atoms with van der Waals surface area (Å²) in [5.74, 6) is -0.276. The number of aromatic nitrogens is 1. The molecule has 0 bridgehead atoms. The normalized spacial score (nSPS) is 18.1. The van der Waals surface area contributed by atoms with E-state index in [0.29, 0.717) is 0 Å². The first-order valence-electron chi connectivity index (χ1n) is 7.19. The van der Waals surface area contributed by atoms with Crippen molar-refractivity contribution >= 4 is 0 Å². The van der Waals surface area contributed by atoms with Crippen molar-refractivity contribution in [2.24, 2.45) is 0 Å². The molecule has 1 aliphatic rings. The zero-order valence-corrected chi connectivity index (χ0v) is 11.9. The third-order valence-corrected chi connectivity index (χ3v) is 4.17. The Morgan fingerprint density at radius 2 is 2.16 bits per heavy atom. The van der Waals surface area contributed by atoms with E-state index in [1.165, 1.54) is 37.9 Å². The zero-order chi connectivity index (χ0) is 13.7. The maximum atomic E-state index is 12.9. The van der Waals surface area contributed by atoms with Gasteiger partial charge in [0.2, 0.25) is 0 Å². The lowest BCUT2D eigenvalue weighted by molar-refractivity contribution is 0.232. The van der Waals surface area contributed by atoms with Gasteiger partial charge in [-0.25, -0.2) is 4.39 Å². The summed E-state index contributed by atoms with van der Waals surface area (Å²) in [5.41, 5.74) is 0.920. The highest BCUT2D eigenvalue weighted by Gasteiger charge is 2.20. The fourth-order valence-corrected chi connectivity index (χ4v) is 2.89. The molecule has 1 unspecified atom stereocenters. The second-order valence-electron chi connectivity index (χ2n) is 5.45. The van der Waals surface area contributed by atoms with Crippen molar-refractivity contribution in [2.75, 3.05) is 20.6 Å². The van der Waals surface area contributed by atoms with Crippen LogP contribution in [0.15, 0.2) is 18.3 Å². The molecule has 1 N–H and O–H groups in total. The van der Waals surface area contributed by atoms with Crippen LogP contribution in [0.25, 0.3) is 0 Å². The molecule has 2 rings (SSSR count). The first-order valence-corrected chi connectivity index (χ1v) is 7.19. The van der Waals surface area contributed by atoms with Gasteiger partial charge in [-0.15, -0.1) is 0 Å². The van der Waals surface area contributed by atoms with E-state index < -0.39 is 0 Å². The van der Waals surface area contributed by atoms with Crippen molar-refractivity contribution in [3.05, 3.63) is 29.8 Å². The van der Waals surface area contributed by atoms with E-state index in [0.717, 1.165) is 24.7 Å². The molecule has 0 amide bonds. The van der Waals surface area contributed by atoms with Crippen molar-refractivity contribution in [1.82, 2.24) is 15.2 Å².